The number of hydrogen-bond donors (Lipinski definition) is 0. The van der Waals surface area contributed by atoms with E-state index in [0.29, 0.717) is 6.42 Å². The number of nitriles is 1. The number of likely N-dealkylation sites (tertiary alicyclic amines) is 1. The Bertz CT molecular complexity index is 592. The Morgan fingerprint density at radius 2 is 1.60 bits per heavy atom. The van der Waals surface area contributed by atoms with Crippen molar-refractivity contribution in [2.24, 2.45) is 10.8 Å². The maximum Gasteiger partial charge on any atom is 0.0627 e. The van der Waals surface area contributed by atoms with Gasteiger partial charge in [0.25, 0.3) is 0 Å². The Labute approximate surface area is 153 Å². The lowest BCUT2D eigenvalue weighted by atomic mass is 9.60. The molecule has 2 aliphatic heterocycles. The Balaban J connectivity index is 1.57. The smallest absolute Gasteiger partial charge is 0.0627 e. The van der Waals surface area contributed by atoms with Crippen LogP contribution in [-0.4, -0.2) is 31.1 Å². The molecule has 136 valence electrons. The molecule has 0 spiro atoms. The fourth-order valence-electron chi connectivity index (χ4n) is 4.53. The van der Waals surface area contributed by atoms with Crippen LogP contribution in [0.2, 0.25) is 0 Å². The van der Waals surface area contributed by atoms with Gasteiger partial charge in [-0.1, -0.05) is 32.9 Å². The van der Waals surface area contributed by atoms with E-state index >= 15 is 0 Å². The molecule has 2 fully saturated rings. The van der Waals surface area contributed by atoms with E-state index in [1.807, 2.05) is 0 Å². The molecule has 1 aromatic carbocycles. The number of anilines is 1. The van der Waals surface area contributed by atoms with Crippen LogP contribution in [0.15, 0.2) is 24.3 Å². The summed E-state index contributed by atoms with van der Waals surface area (Å²) in [4.78, 5) is 5.05. The van der Waals surface area contributed by atoms with E-state index in [-0.39, 0.29) is 10.8 Å². The van der Waals surface area contributed by atoms with Crippen LogP contribution in [0.25, 0.3) is 0 Å². The second-order valence-electron chi connectivity index (χ2n) is 9.00. The second kappa shape index (κ2) is 7.38. The van der Waals surface area contributed by atoms with Gasteiger partial charge in [0, 0.05) is 31.7 Å². The number of benzene rings is 1. The molecule has 3 rings (SSSR count). The van der Waals surface area contributed by atoms with Gasteiger partial charge < -0.3 is 4.90 Å². The van der Waals surface area contributed by atoms with E-state index in [1.165, 1.54) is 37.2 Å². The summed E-state index contributed by atoms with van der Waals surface area (Å²) < 4.78 is 0. The van der Waals surface area contributed by atoms with Gasteiger partial charge in [-0.15, -0.1) is 0 Å². The lowest BCUT2D eigenvalue weighted by Crippen LogP contribution is -2.46. The molecule has 0 atom stereocenters. The minimum Gasteiger partial charge on any atom is -0.372 e. The highest BCUT2D eigenvalue weighted by atomic mass is 15.1. The lowest BCUT2D eigenvalue weighted by Gasteiger charge is -2.49. The molecule has 0 N–H and O–H groups in total. The van der Waals surface area contributed by atoms with Crippen LogP contribution < -0.4 is 4.90 Å². The zero-order chi connectivity index (χ0) is 17.9. The van der Waals surface area contributed by atoms with Gasteiger partial charge in [0.15, 0.2) is 0 Å². The zero-order valence-corrected chi connectivity index (χ0v) is 16.2. The fraction of sp³-hybridized carbons (Fsp3) is 0.682. The molecule has 2 heterocycles. The highest BCUT2D eigenvalue weighted by Crippen LogP contribution is 2.49. The van der Waals surface area contributed by atoms with Gasteiger partial charge in [-0.2, -0.15) is 5.26 Å². The second-order valence-corrected chi connectivity index (χ2v) is 9.00. The summed E-state index contributed by atoms with van der Waals surface area (Å²) >= 11 is 0. The molecule has 2 aliphatic rings. The summed E-state index contributed by atoms with van der Waals surface area (Å²) in [5.41, 5.74) is 3.16. The molecule has 0 radical (unpaired) electrons. The Morgan fingerprint density at radius 1 is 1.00 bits per heavy atom. The van der Waals surface area contributed by atoms with Crippen LogP contribution in [0.3, 0.4) is 0 Å². The minimum absolute atomic E-state index is 0.178. The summed E-state index contributed by atoms with van der Waals surface area (Å²) in [7, 11) is 0. The first-order chi connectivity index (χ1) is 11.9. The molecule has 0 unspecified atom stereocenters. The van der Waals surface area contributed by atoms with Crippen LogP contribution in [0, 0.1) is 22.2 Å². The van der Waals surface area contributed by atoms with Crippen molar-refractivity contribution >= 4 is 5.69 Å². The van der Waals surface area contributed by atoms with E-state index in [0.717, 1.165) is 32.5 Å². The predicted octanol–water partition coefficient (Wildman–Crippen LogP) is 4.83. The van der Waals surface area contributed by atoms with Crippen molar-refractivity contribution in [2.75, 3.05) is 31.1 Å². The number of hydrogen-bond acceptors (Lipinski definition) is 3. The molecule has 0 bridgehead atoms. The van der Waals surface area contributed by atoms with E-state index in [2.05, 4.69) is 60.9 Å². The highest BCUT2D eigenvalue weighted by Gasteiger charge is 2.43. The normalized spacial score (nSPS) is 21.3. The van der Waals surface area contributed by atoms with Crippen molar-refractivity contribution in [1.82, 2.24) is 4.90 Å². The van der Waals surface area contributed by atoms with Crippen molar-refractivity contribution < 1.29 is 0 Å². The van der Waals surface area contributed by atoms with Crippen LogP contribution in [0.5, 0.6) is 0 Å². The van der Waals surface area contributed by atoms with Gasteiger partial charge in [0.2, 0.25) is 0 Å². The number of nitrogens with zero attached hydrogens (tertiary/aromatic N) is 3. The summed E-state index contributed by atoms with van der Waals surface area (Å²) in [6.45, 7) is 12.6. The van der Waals surface area contributed by atoms with Crippen LogP contribution in [0.1, 0.15) is 58.4 Å². The molecule has 25 heavy (non-hydrogen) atoms. The van der Waals surface area contributed by atoms with Crippen molar-refractivity contribution in [1.29, 1.82) is 5.26 Å². The zero-order valence-electron chi connectivity index (χ0n) is 16.2. The summed E-state index contributed by atoms with van der Waals surface area (Å²) in [5, 5.41) is 9.30. The van der Waals surface area contributed by atoms with E-state index in [9.17, 15) is 5.26 Å². The van der Waals surface area contributed by atoms with Gasteiger partial charge in [-0.25, -0.2) is 0 Å². The molecular formula is C22H33N3. The van der Waals surface area contributed by atoms with Gasteiger partial charge in [0.05, 0.1) is 6.07 Å². The average Bonchev–Trinajstić information content (AvgIpc) is 3.11. The maximum atomic E-state index is 9.30. The summed E-state index contributed by atoms with van der Waals surface area (Å²) in [6.07, 6.45) is 5.61. The largest absolute Gasteiger partial charge is 0.372 e. The quantitative estimate of drug-likeness (QED) is 0.787. The van der Waals surface area contributed by atoms with Gasteiger partial charge in [-0.05, 0) is 67.3 Å². The van der Waals surface area contributed by atoms with E-state index in [1.54, 1.807) is 0 Å². The Kier molecular flexibility index (Phi) is 5.39. The minimum atomic E-state index is 0.178. The maximum absolute atomic E-state index is 9.30. The first kappa shape index (κ1) is 18.3. The average molecular weight is 340 g/mol. The van der Waals surface area contributed by atoms with Crippen molar-refractivity contribution in [3.63, 3.8) is 0 Å². The molecule has 0 saturated carbocycles. The topological polar surface area (TPSA) is 30.3 Å². The number of rotatable bonds is 4. The molecular weight excluding hydrogens is 306 g/mol. The summed E-state index contributed by atoms with van der Waals surface area (Å²) in [5.74, 6) is 0. The Hall–Kier alpha value is -1.53. The predicted molar refractivity (Wildman–Crippen MR) is 105 cm³/mol. The molecule has 1 aromatic rings. The lowest BCUT2D eigenvalue weighted by molar-refractivity contribution is 0.00711. The van der Waals surface area contributed by atoms with Crippen molar-refractivity contribution in [3.05, 3.63) is 29.8 Å². The summed E-state index contributed by atoms with van der Waals surface area (Å²) in [6, 6.07) is 11.6. The highest BCUT2D eigenvalue weighted by molar-refractivity contribution is 5.48. The van der Waals surface area contributed by atoms with E-state index in [4.69, 9.17) is 0 Å². The molecule has 3 nitrogen and oxygen atoms in total. The molecule has 0 amide bonds. The molecule has 3 heteroatoms. The third kappa shape index (κ3) is 4.01. The Morgan fingerprint density at radius 3 is 2.12 bits per heavy atom. The molecule has 2 saturated heterocycles. The third-order valence-electron chi connectivity index (χ3n) is 6.64. The first-order valence-corrected chi connectivity index (χ1v) is 9.87. The molecule has 0 aliphatic carbocycles. The van der Waals surface area contributed by atoms with Crippen LogP contribution >= 0.6 is 0 Å². The van der Waals surface area contributed by atoms with Crippen LogP contribution in [-0.2, 0) is 6.54 Å². The fourth-order valence-corrected chi connectivity index (χ4v) is 4.53. The third-order valence-corrected chi connectivity index (χ3v) is 6.64. The number of piperidine rings is 1. The SMILES string of the molecule is CC(C)(C)C1(CC#N)CCN(Cc2ccc(N3CCCC3)cc2)CC1. The van der Waals surface area contributed by atoms with E-state index < -0.39 is 0 Å². The van der Waals surface area contributed by atoms with Crippen LogP contribution in [0.4, 0.5) is 5.69 Å². The van der Waals surface area contributed by atoms with Gasteiger partial charge in [-0.3, -0.25) is 4.90 Å². The van der Waals surface area contributed by atoms with Crippen molar-refractivity contribution in [3.8, 4) is 6.07 Å². The van der Waals surface area contributed by atoms with Crippen molar-refractivity contribution in [2.45, 2.75) is 59.4 Å². The molecule has 0 aromatic heterocycles. The van der Waals surface area contributed by atoms with Gasteiger partial charge >= 0.3 is 0 Å². The first-order valence-electron chi connectivity index (χ1n) is 9.87. The standard InChI is InChI=1S/C22H33N3/c1-21(2,3)22(10-13-23)11-16-24(17-12-22)18-19-6-8-20(9-7-19)25-14-4-5-15-25/h6-9H,4-5,10-12,14-18H2,1-3H3. The monoisotopic (exact) mass is 339 g/mol. The van der Waals surface area contributed by atoms with Gasteiger partial charge in [0.1, 0.15) is 0 Å².